The maximum Gasteiger partial charge on any atom is 0.0406 e. The van der Waals surface area contributed by atoms with Gasteiger partial charge in [-0.3, -0.25) is 0 Å². The van der Waals surface area contributed by atoms with Crippen LogP contribution >= 0.6 is 23.7 Å². The molecule has 0 amide bonds. The summed E-state index contributed by atoms with van der Waals surface area (Å²) in [7, 11) is 0. The molecule has 5 aromatic rings. The van der Waals surface area contributed by atoms with Crippen molar-refractivity contribution in [2.24, 2.45) is 0 Å². The molecule has 0 atom stereocenters. The SMILES string of the molecule is S=P(/C=C(\c1ccc(Cl)cc1)P(=S)(c1ccccc1)c1ccccc1)(c1ccccc1)c1ccccc1. The van der Waals surface area contributed by atoms with E-state index in [-0.39, 0.29) is 0 Å². The van der Waals surface area contributed by atoms with Gasteiger partial charge in [-0.15, -0.1) is 0 Å². The van der Waals surface area contributed by atoms with Crippen molar-refractivity contribution in [3.8, 4) is 0 Å². The Morgan fingerprint density at radius 3 is 1.22 bits per heavy atom. The normalized spacial score (nSPS) is 12.3. The van der Waals surface area contributed by atoms with E-state index in [1.165, 1.54) is 0 Å². The molecule has 0 nitrogen and oxygen atoms in total. The largest absolute Gasteiger partial charge is 0.0843 e. The molecule has 0 aliphatic carbocycles. The van der Waals surface area contributed by atoms with Gasteiger partial charge in [0.15, 0.2) is 0 Å². The first-order chi connectivity index (χ1) is 18.0. The zero-order valence-corrected chi connectivity index (χ0v) is 24.2. The lowest BCUT2D eigenvalue weighted by Crippen LogP contribution is -2.18. The summed E-state index contributed by atoms with van der Waals surface area (Å²) in [5, 5.41) is 6.37. The van der Waals surface area contributed by atoms with Crippen molar-refractivity contribution in [3.63, 3.8) is 0 Å². The van der Waals surface area contributed by atoms with Crippen molar-refractivity contribution in [3.05, 3.63) is 162 Å². The van der Waals surface area contributed by atoms with E-state index in [2.05, 4.69) is 115 Å². The minimum Gasteiger partial charge on any atom is -0.0843 e. The lowest BCUT2D eigenvalue weighted by atomic mass is 10.2. The highest BCUT2D eigenvalue weighted by Crippen LogP contribution is 2.61. The molecule has 0 aromatic heterocycles. The molecule has 0 heterocycles. The third-order valence-corrected chi connectivity index (χ3v) is 16.1. The molecule has 0 radical (unpaired) electrons. The number of halogens is 1. The zero-order valence-electron chi connectivity index (χ0n) is 20.0. The standard InChI is InChI=1S/C32H25ClP2S2/c33-27-23-21-26(22-24-27)32(35(37,30-17-9-3-10-18-30)31-19-11-4-12-20-31)25-34(36,28-13-5-1-6-14-28)29-15-7-2-8-16-29/h1-25H/b32-25+. The van der Waals surface area contributed by atoms with Crippen LogP contribution in [0.4, 0.5) is 0 Å². The summed E-state index contributed by atoms with van der Waals surface area (Å²) >= 11 is 19.8. The molecule has 0 aliphatic rings. The van der Waals surface area contributed by atoms with Crippen molar-refractivity contribution in [2.45, 2.75) is 0 Å². The van der Waals surface area contributed by atoms with Gasteiger partial charge in [-0.1, -0.05) is 169 Å². The summed E-state index contributed by atoms with van der Waals surface area (Å²) in [6.45, 7) is 0. The molecule has 0 N–H and O–H groups in total. The minimum absolute atomic E-state index is 0.696. The van der Waals surface area contributed by atoms with Crippen LogP contribution in [0.2, 0.25) is 5.02 Å². The van der Waals surface area contributed by atoms with Gasteiger partial charge in [-0.05, 0) is 44.7 Å². The van der Waals surface area contributed by atoms with Gasteiger partial charge in [-0.2, -0.15) is 0 Å². The van der Waals surface area contributed by atoms with Gasteiger partial charge in [0, 0.05) is 22.4 Å². The van der Waals surface area contributed by atoms with E-state index in [1.807, 2.05) is 36.4 Å². The van der Waals surface area contributed by atoms with Crippen molar-refractivity contribution in [1.82, 2.24) is 0 Å². The van der Waals surface area contributed by atoms with E-state index in [0.717, 1.165) is 32.1 Å². The molecule has 0 saturated carbocycles. The molecular formula is C32H25ClP2S2. The fourth-order valence-corrected chi connectivity index (χ4v) is 13.3. The summed E-state index contributed by atoms with van der Waals surface area (Å²) in [4.78, 5) is 0. The highest BCUT2D eigenvalue weighted by Gasteiger charge is 2.31. The highest BCUT2D eigenvalue weighted by molar-refractivity contribution is 8.28. The van der Waals surface area contributed by atoms with Gasteiger partial charge >= 0.3 is 0 Å². The van der Waals surface area contributed by atoms with Crippen molar-refractivity contribution >= 4 is 73.8 Å². The van der Waals surface area contributed by atoms with Crippen LogP contribution in [0.25, 0.3) is 5.31 Å². The molecule has 0 aliphatic heterocycles. The lowest BCUT2D eigenvalue weighted by molar-refractivity contribution is 1.65. The Bertz CT molecular complexity index is 1510. The second-order valence-electron chi connectivity index (χ2n) is 8.63. The molecule has 182 valence electrons. The smallest absolute Gasteiger partial charge is 0.0406 e. The quantitative estimate of drug-likeness (QED) is 0.182. The van der Waals surface area contributed by atoms with E-state index in [4.69, 9.17) is 35.2 Å². The topological polar surface area (TPSA) is 0 Å². The fourth-order valence-electron chi connectivity index (χ4n) is 4.43. The van der Waals surface area contributed by atoms with Crippen LogP contribution < -0.4 is 21.2 Å². The number of hydrogen-bond donors (Lipinski definition) is 0. The predicted molar refractivity (Wildman–Crippen MR) is 172 cm³/mol. The first kappa shape index (κ1) is 26.1. The van der Waals surface area contributed by atoms with Gasteiger partial charge in [0.25, 0.3) is 0 Å². The number of rotatable bonds is 7. The van der Waals surface area contributed by atoms with Crippen LogP contribution in [0.1, 0.15) is 5.56 Å². The molecule has 0 bridgehead atoms. The van der Waals surface area contributed by atoms with Crippen molar-refractivity contribution in [1.29, 1.82) is 0 Å². The van der Waals surface area contributed by atoms with Crippen molar-refractivity contribution in [2.75, 3.05) is 0 Å². The number of hydrogen-bond acceptors (Lipinski definition) is 2. The molecule has 5 rings (SSSR count). The van der Waals surface area contributed by atoms with Gasteiger partial charge in [-0.25, -0.2) is 0 Å². The van der Waals surface area contributed by atoms with E-state index in [0.29, 0.717) is 5.02 Å². The molecular weight excluding hydrogens is 546 g/mol. The van der Waals surface area contributed by atoms with Crippen LogP contribution in [-0.2, 0) is 23.6 Å². The van der Waals surface area contributed by atoms with Crippen LogP contribution in [0.15, 0.2) is 151 Å². The Labute approximate surface area is 234 Å². The Morgan fingerprint density at radius 2 is 0.838 bits per heavy atom. The van der Waals surface area contributed by atoms with E-state index in [9.17, 15) is 0 Å². The first-order valence-corrected chi connectivity index (χ1v) is 18.0. The Balaban J connectivity index is 1.89. The summed E-state index contributed by atoms with van der Waals surface area (Å²) in [6.07, 6.45) is 0. The molecule has 5 aromatic carbocycles. The Hall–Kier alpha value is -2.57. The molecule has 0 saturated heterocycles. The van der Waals surface area contributed by atoms with Crippen LogP contribution in [0, 0.1) is 0 Å². The summed E-state index contributed by atoms with van der Waals surface area (Å²) < 4.78 is 0. The van der Waals surface area contributed by atoms with Gasteiger partial charge in [0.05, 0.1) is 0 Å². The summed E-state index contributed by atoms with van der Waals surface area (Å²) in [6, 6.07) is 45.1. The maximum atomic E-state index is 6.82. The monoisotopic (exact) mass is 570 g/mol. The Kier molecular flexibility index (Phi) is 8.06. The maximum absolute atomic E-state index is 6.82. The van der Waals surface area contributed by atoms with E-state index in [1.54, 1.807) is 0 Å². The molecule has 37 heavy (non-hydrogen) atoms. The second-order valence-corrected chi connectivity index (χ2v) is 17.8. The minimum atomic E-state index is -2.50. The van der Waals surface area contributed by atoms with Crippen molar-refractivity contribution < 1.29 is 0 Å². The van der Waals surface area contributed by atoms with Gasteiger partial charge in [0.1, 0.15) is 0 Å². The molecule has 0 fully saturated rings. The number of benzene rings is 5. The fraction of sp³-hybridized carbons (Fsp3) is 0. The van der Waals surface area contributed by atoms with Crippen LogP contribution in [-0.4, -0.2) is 0 Å². The summed E-state index contributed by atoms with van der Waals surface area (Å²) in [5.74, 6) is 2.34. The average Bonchev–Trinajstić information content (AvgIpc) is 2.98. The van der Waals surface area contributed by atoms with Crippen LogP contribution in [0.5, 0.6) is 0 Å². The molecule has 0 spiro atoms. The zero-order chi connectivity index (χ0) is 25.7. The predicted octanol–water partition coefficient (Wildman–Crippen LogP) is 7.90. The lowest BCUT2D eigenvalue weighted by Gasteiger charge is -2.30. The first-order valence-electron chi connectivity index (χ1n) is 11.9. The third kappa shape index (κ3) is 5.37. The molecule has 0 unspecified atom stereocenters. The van der Waals surface area contributed by atoms with Gasteiger partial charge in [0.2, 0.25) is 0 Å². The van der Waals surface area contributed by atoms with E-state index >= 15 is 0 Å². The highest BCUT2D eigenvalue weighted by atomic mass is 35.5. The Morgan fingerprint density at radius 1 is 0.486 bits per heavy atom. The van der Waals surface area contributed by atoms with Crippen LogP contribution in [0.3, 0.4) is 0 Å². The summed E-state index contributed by atoms with van der Waals surface area (Å²) in [5.41, 5.74) is 1.06. The average molecular weight is 571 g/mol. The third-order valence-electron chi connectivity index (χ3n) is 6.30. The molecule has 5 heteroatoms. The van der Waals surface area contributed by atoms with E-state index < -0.39 is 12.1 Å². The second kappa shape index (κ2) is 11.4. The van der Waals surface area contributed by atoms with Gasteiger partial charge < -0.3 is 0 Å².